The first-order chi connectivity index (χ1) is 13.4. The number of fused-ring (bicyclic) bond motifs is 1. The van der Waals surface area contributed by atoms with Crippen LogP contribution >= 0.6 is 0 Å². The third-order valence-electron chi connectivity index (χ3n) is 5.13. The minimum Gasteiger partial charge on any atom is -0.485 e. The number of para-hydroxylation sites is 2. The summed E-state index contributed by atoms with van der Waals surface area (Å²) in [5.41, 5.74) is 0. The number of carboxylic acid groups (broad SMARTS) is 1. The van der Waals surface area contributed by atoms with Gasteiger partial charge in [0.1, 0.15) is 12.6 Å². The zero-order chi connectivity index (χ0) is 20.3. The number of nitrogens with zero attached hydrogens (tertiary/aromatic N) is 3. The summed E-state index contributed by atoms with van der Waals surface area (Å²) in [5.74, 6) is -0.0905. The van der Waals surface area contributed by atoms with Gasteiger partial charge < -0.3 is 24.4 Å². The van der Waals surface area contributed by atoms with Gasteiger partial charge in [0.2, 0.25) is 12.0 Å². The van der Waals surface area contributed by atoms with Crippen molar-refractivity contribution >= 4 is 17.8 Å². The van der Waals surface area contributed by atoms with Gasteiger partial charge >= 0.3 is 5.97 Å². The van der Waals surface area contributed by atoms with Crippen molar-refractivity contribution in [3.05, 3.63) is 24.3 Å². The van der Waals surface area contributed by atoms with Gasteiger partial charge in [0, 0.05) is 26.2 Å². The molecule has 2 heterocycles. The van der Waals surface area contributed by atoms with Crippen LogP contribution in [-0.2, 0) is 14.4 Å². The molecule has 2 amide bonds. The average molecular weight is 391 g/mol. The van der Waals surface area contributed by atoms with Gasteiger partial charge in [-0.2, -0.15) is 0 Å². The second kappa shape index (κ2) is 8.47. The molecule has 0 aromatic heterocycles. The van der Waals surface area contributed by atoms with E-state index in [2.05, 4.69) is 0 Å². The molecule has 0 saturated carbocycles. The Morgan fingerprint density at radius 2 is 1.75 bits per heavy atom. The van der Waals surface area contributed by atoms with Gasteiger partial charge in [-0.3, -0.25) is 19.3 Å². The maximum Gasteiger partial charge on any atom is 0.320 e. The highest BCUT2D eigenvalue weighted by Gasteiger charge is 2.33. The fourth-order valence-corrected chi connectivity index (χ4v) is 3.16. The van der Waals surface area contributed by atoms with Crippen LogP contribution in [0.25, 0.3) is 0 Å². The Morgan fingerprint density at radius 1 is 1.14 bits per heavy atom. The molecule has 1 aromatic rings. The first-order valence-corrected chi connectivity index (χ1v) is 9.25. The molecule has 1 aromatic carbocycles. The van der Waals surface area contributed by atoms with Crippen LogP contribution in [0.1, 0.15) is 6.92 Å². The number of ether oxygens (including phenoxy) is 2. The van der Waals surface area contributed by atoms with E-state index < -0.39 is 18.1 Å². The van der Waals surface area contributed by atoms with Crippen LogP contribution in [0.2, 0.25) is 0 Å². The fraction of sp³-hybridized carbons (Fsp3) is 0.526. The van der Waals surface area contributed by atoms with Crippen LogP contribution in [0, 0.1) is 0 Å². The minimum atomic E-state index is -0.970. The van der Waals surface area contributed by atoms with Crippen LogP contribution in [0.4, 0.5) is 0 Å². The molecule has 1 N–H and O–H groups in total. The maximum atomic E-state index is 12.7. The van der Waals surface area contributed by atoms with Crippen molar-refractivity contribution in [2.75, 3.05) is 46.4 Å². The van der Waals surface area contributed by atoms with Crippen molar-refractivity contribution in [2.24, 2.45) is 0 Å². The van der Waals surface area contributed by atoms with Gasteiger partial charge in [0.05, 0.1) is 6.54 Å². The lowest BCUT2D eigenvalue weighted by Gasteiger charge is -2.37. The number of aliphatic carboxylic acids is 1. The van der Waals surface area contributed by atoms with E-state index in [9.17, 15) is 14.4 Å². The van der Waals surface area contributed by atoms with Crippen LogP contribution in [0.15, 0.2) is 24.3 Å². The zero-order valence-electron chi connectivity index (χ0n) is 16.0. The summed E-state index contributed by atoms with van der Waals surface area (Å²) >= 11 is 0. The van der Waals surface area contributed by atoms with Crippen LogP contribution in [-0.4, -0.2) is 96.1 Å². The highest BCUT2D eigenvalue weighted by atomic mass is 16.6. The van der Waals surface area contributed by atoms with E-state index in [1.807, 2.05) is 12.1 Å². The molecule has 0 bridgehead atoms. The number of piperazine rings is 1. The Balaban J connectivity index is 1.49. The number of rotatable bonds is 5. The van der Waals surface area contributed by atoms with Crippen molar-refractivity contribution in [1.82, 2.24) is 14.7 Å². The molecule has 0 radical (unpaired) electrons. The number of likely N-dealkylation sites (N-methyl/N-ethyl adjacent to an activating group) is 1. The second-order valence-corrected chi connectivity index (χ2v) is 7.00. The van der Waals surface area contributed by atoms with Gasteiger partial charge in [-0.05, 0) is 26.1 Å². The molecule has 2 aliphatic heterocycles. The smallest absolute Gasteiger partial charge is 0.320 e. The lowest BCUT2D eigenvalue weighted by molar-refractivity contribution is -0.148. The summed E-state index contributed by atoms with van der Waals surface area (Å²) in [5, 5.41) is 9.02. The first-order valence-electron chi connectivity index (χ1n) is 9.25. The van der Waals surface area contributed by atoms with Crippen molar-refractivity contribution in [1.29, 1.82) is 0 Å². The number of amides is 2. The quantitative estimate of drug-likeness (QED) is 0.748. The third kappa shape index (κ3) is 4.36. The van der Waals surface area contributed by atoms with Gasteiger partial charge in [0.15, 0.2) is 11.5 Å². The van der Waals surface area contributed by atoms with Crippen LogP contribution < -0.4 is 9.47 Å². The molecular weight excluding hydrogens is 366 g/mol. The molecule has 2 unspecified atom stereocenters. The molecule has 0 aliphatic carbocycles. The molecule has 2 aliphatic rings. The Kier molecular flexibility index (Phi) is 6.03. The summed E-state index contributed by atoms with van der Waals surface area (Å²) in [7, 11) is 1.61. The molecule has 1 fully saturated rings. The van der Waals surface area contributed by atoms with Gasteiger partial charge in [-0.15, -0.1) is 0 Å². The summed E-state index contributed by atoms with van der Waals surface area (Å²) in [4.78, 5) is 41.0. The average Bonchev–Trinajstić information content (AvgIpc) is 2.72. The lowest BCUT2D eigenvalue weighted by atomic mass is 10.2. The van der Waals surface area contributed by atoms with Crippen molar-refractivity contribution in [3.8, 4) is 11.5 Å². The highest BCUT2D eigenvalue weighted by molar-refractivity contribution is 5.83. The van der Waals surface area contributed by atoms with Crippen molar-refractivity contribution < 1.29 is 29.0 Å². The number of carbonyl (C=O) groups is 3. The van der Waals surface area contributed by atoms with Crippen molar-refractivity contribution in [2.45, 2.75) is 19.1 Å². The van der Waals surface area contributed by atoms with E-state index in [0.717, 1.165) is 0 Å². The second-order valence-electron chi connectivity index (χ2n) is 7.00. The van der Waals surface area contributed by atoms with Gasteiger partial charge in [0.25, 0.3) is 5.91 Å². The molecule has 0 spiro atoms. The van der Waals surface area contributed by atoms with E-state index in [-0.39, 0.29) is 25.0 Å². The number of carboxylic acids is 1. The van der Waals surface area contributed by atoms with E-state index in [1.165, 1.54) is 11.8 Å². The van der Waals surface area contributed by atoms with Crippen molar-refractivity contribution in [3.63, 3.8) is 0 Å². The maximum absolute atomic E-state index is 12.7. The minimum absolute atomic E-state index is 0.0256. The Labute approximate surface area is 163 Å². The SMILES string of the molecule is CC(C(=O)O)N(C)CC(=O)N1CCN(C(=O)C2COc3ccccc3O2)CC1. The lowest BCUT2D eigenvalue weighted by Crippen LogP contribution is -2.56. The first kappa shape index (κ1) is 19.9. The predicted octanol–water partition coefficient (Wildman–Crippen LogP) is -0.0979. The predicted molar refractivity (Wildman–Crippen MR) is 99.2 cm³/mol. The number of hydrogen-bond acceptors (Lipinski definition) is 6. The third-order valence-corrected chi connectivity index (χ3v) is 5.13. The van der Waals surface area contributed by atoms with E-state index in [0.29, 0.717) is 37.7 Å². The topological polar surface area (TPSA) is 99.6 Å². The largest absolute Gasteiger partial charge is 0.485 e. The molecule has 152 valence electrons. The number of hydrogen-bond donors (Lipinski definition) is 1. The summed E-state index contributed by atoms with van der Waals surface area (Å²) < 4.78 is 11.4. The van der Waals surface area contributed by atoms with E-state index >= 15 is 0 Å². The summed E-state index contributed by atoms with van der Waals surface area (Å²) in [6.45, 7) is 3.35. The molecule has 9 heteroatoms. The van der Waals surface area contributed by atoms with Crippen LogP contribution in [0.3, 0.4) is 0 Å². The summed E-state index contributed by atoms with van der Waals surface area (Å²) in [6, 6.07) is 6.48. The van der Waals surface area contributed by atoms with Gasteiger partial charge in [-0.25, -0.2) is 0 Å². The number of benzene rings is 1. The summed E-state index contributed by atoms with van der Waals surface area (Å²) in [6.07, 6.45) is -0.695. The normalized spacial score (nSPS) is 20.0. The Morgan fingerprint density at radius 3 is 2.39 bits per heavy atom. The van der Waals surface area contributed by atoms with E-state index in [1.54, 1.807) is 29.0 Å². The molecule has 28 heavy (non-hydrogen) atoms. The Hall–Kier alpha value is -2.81. The van der Waals surface area contributed by atoms with E-state index in [4.69, 9.17) is 14.6 Å². The van der Waals surface area contributed by atoms with Crippen LogP contribution in [0.5, 0.6) is 11.5 Å². The molecule has 3 rings (SSSR count). The Bertz CT molecular complexity index is 747. The number of carbonyl (C=O) groups excluding carboxylic acids is 2. The molecule has 2 atom stereocenters. The monoisotopic (exact) mass is 391 g/mol. The van der Waals surface area contributed by atoms with Gasteiger partial charge in [-0.1, -0.05) is 12.1 Å². The fourth-order valence-electron chi connectivity index (χ4n) is 3.16. The molecule has 9 nitrogen and oxygen atoms in total. The molecular formula is C19H25N3O6. The molecule has 1 saturated heterocycles. The standard InChI is InChI=1S/C19H25N3O6/c1-13(19(25)26)20(2)11-17(23)21-7-9-22(10-8-21)18(24)16-12-27-14-5-3-4-6-15(14)28-16/h3-6,13,16H,7-12H2,1-2H3,(H,25,26). The highest BCUT2D eigenvalue weighted by Crippen LogP contribution is 2.31. The zero-order valence-corrected chi connectivity index (χ0v) is 16.0.